The third-order valence-electron chi connectivity index (χ3n) is 4.50. The van der Waals surface area contributed by atoms with Crippen molar-refractivity contribution in [1.82, 2.24) is 9.97 Å². The molecule has 0 fully saturated rings. The summed E-state index contributed by atoms with van der Waals surface area (Å²) in [7, 11) is 0. The summed E-state index contributed by atoms with van der Waals surface area (Å²) < 4.78 is 0. The smallest absolute Gasteiger partial charge is 0.274 e. The van der Waals surface area contributed by atoms with E-state index in [1.54, 1.807) is 12.3 Å². The van der Waals surface area contributed by atoms with E-state index in [0.29, 0.717) is 11.6 Å². The minimum Gasteiger partial charge on any atom is -0.324 e. The largest absolute Gasteiger partial charge is 0.324 e. The molecule has 3 aromatic rings. The van der Waals surface area contributed by atoms with E-state index in [9.17, 15) is 4.79 Å². The number of amides is 1. The number of rotatable bonds is 4. The molecule has 132 valence electrons. The zero-order chi connectivity index (χ0) is 18.7. The molecule has 0 saturated heterocycles. The molecule has 1 heterocycles. The second kappa shape index (κ2) is 7.35. The Labute approximate surface area is 153 Å². The van der Waals surface area contributed by atoms with E-state index in [4.69, 9.17) is 0 Å². The number of aryl methyl sites for hydroxylation is 3. The van der Waals surface area contributed by atoms with Gasteiger partial charge in [-0.05, 0) is 74.2 Å². The number of aromatic nitrogens is 2. The van der Waals surface area contributed by atoms with E-state index in [1.165, 1.54) is 11.1 Å². The Morgan fingerprint density at radius 1 is 0.923 bits per heavy atom. The molecule has 26 heavy (non-hydrogen) atoms. The van der Waals surface area contributed by atoms with Crippen molar-refractivity contribution in [1.29, 1.82) is 0 Å². The topological polar surface area (TPSA) is 66.9 Å². The van der Waals surface area contributed by atoms with Crippen LogP contribution in [0.1, 0.15) is 32.7 Å². The standard InChI is InChI=1S/C21H22N4O/c1-13-8-9-17(12-15(13)3)23-20(26)19-10-11-22-21(25-19)24-18-7-5-6-14(2)16(18)4/h5-12H,1-4H3,(H,23,26)(H,22,24,25). The predicted octanol–water partition coefficient (Wildman–Crippen LogP) is 4.71. The molecule has 0 aliphatic carbocycles. The first-order valence-electron chi connectivity index (χ1n) is 8.49. The molecule has 0 radical (unpaired) electrons. The molecule has 0 unspecified atom stereocenters. The molecule has 0 aliphatic heterocycles. The van der Waals surface area contributed by atoms with E-state index in [1.807, 2.05) is 51.1 Å². The summed E-state index contributed by atoms with van der Waals surface area (Å²) >= 11 is 0. The number of hydrogen-bond acceptors (Lipinski definition) is 4. The van der Waals surface area contributed by atoms with Gasteiger partial charge in [-0.3, -0.25) is 4.79 Å². The highest BCUT2D eigenvalue weighted by Gasteiger charge is 2.11. The molecule has 5 heteroatoms. The van der Waals surface area contributed by atoms with Crippen molar-refractivity contribution in [3.05, 3.63) is 76.6 Å². The van der Waals surface area contributed by atoms with Crippen molar-refractivity contribution in [3.63, 3.8) is 0 Å². The van der Waals surface area contributed by atoms with Crippen LogP contribution in [0.25, 0.3) is 0 Å². The van der Waals surface area contributed by atoms with Crippen LogP contribution in [-0.4, -0.2) is 15.9 Å². The third kappa shape index (κ3) is 3.88. The lowest BCUT2D eigenvalue weighted by atomic mass is 10.1. The van der Waals surface area contributed by atoms with Crippen LogP contribution in [-0.2, 0) is 0 Å². The number of nitrogens with zero attached hydrogens (tertiary/aromatic N) is 2. The van der Waals surface area contributed by atoms with Crippen molar-refractivity contribution < 1.29 is 4.79 Å². The first-order valence-corrected chi connectivity index (χ1v) is 8.49. The Balaban J connectivity index is 1.79. The van der Waals surface area contributed by atoms with Crippen LogP contribution in [0.15, 0.2) is 48.7 Å². The predicted molar refractivity (Wildman–Crippen MR) is 105 cm³/mol. The Bertz CT molecular complexity index is 966. The van der Waals surface area contributed by atoms with Gasteiger partial charge in [0.1, 0.15) is 5.69 Å². The normalized spacial score (nSPS) is 10.5. The van der Waals surface area contributed by atoms with Crippen LogP contribution in [0.2, 0.25) is 0 Å². The fourth-order valence-corrected chi connectivity index (χ4v) is 2.57. The van der Waals surface area contributed by atoms with Crippen LogP contribution in [0, 0.1) is 27.7 Å². The minimum absolute atomic E-state index is 0.264. The minimum atomic E-state index is -0.264. The maximum atomic E-state index is 12.5. The lowest BCUT2D eigenvalue weighted by molar-refractivity contribution is 0.102. The fourth-order valence-electron chi connectivity index (χ4n) is 2.57. The molecule has 5 nitrogen and oxygen atoms in total. The zero-order valence-corrected chi connectivity index (χ0v) is 15.4. The van der Waals surface area contributed by atoms with Gasteiger partial charge in [-0.2, -0.15) is 0 Å². The highest BCUT2D eigenvalue weighted by Crippen LogP contribution is 2.21. The summed E-state index contributed by atoms with van der Waals surface area (Å²) in [5, 5.41) is 6.07. The number of carbonyl (C=O) groups is 1. The number of carbonyl (C=O) groups excluding carboxylic acids is 1. The molecular weight excluding hydrogens is 324 g/mol. The van der Waals surface area contributed by atoms with Gasteiger partial charge < -0.3 is 10.6 Å². The molecule has 2 N–H and O–H groups in total. The van der Waals surface area contributed by atoms with Crippen LogP contribution in [0.3, 0.4) is 0 Å². The van der Waals surface area contributed by atoms with Crippen LogP contribution in [0.5, 0.6) is 0 Å². The molecule has 0 aliphatic rings. The van der Waals surface area contributed by atoms with Crippen molar-refractivity contribution in [2.24, 2.45) is 0 Å². The summed E-state index contributed by atoms with van der Waals surface area (Å²) in [5.74, 6) is 0.131. The molecule has 1 amide bonds. The van der Waals surface area contributed by atoms with Gasteiger partial charge in [0.2, 0.25) is 5.95 Å². The van der Waals surface area contributed by atoms with E-state index in [2.05, 4.69) is 33.6 Å². The van der Waals surface area contributed by atoms with Gasteiger partial charge in [-0.15, -0.1) is 0 Å². The second-order valence-electron chi connectivity index (χ2n) is 6.39. The summed E-state index contributed by atoms with van der Waals surface area (Å²) in [6.45, 7) is 8.14. The Kier molecular flexibility index (Phi) is 4.98. The lowest BCUT2D eigenvalue weighted by Crippen LogP contribution is -2.15. The molecule has 0 saturated carbocycles. The van der Waals surface area contributed by atoms with Crippen molar-refractivity contribution in [3.8, 4) is 0 Å². The monoisotopic (exact) mass is 346 g/mol. The number of hydrogen-bond donors (Lipinski definition) is 2. The highest BCUT2D eigenvalue weighted by atomic mass is 16.1. The van der Waals surface area contributed by atoms with E-state index in [0.717, 1.165) is 22.5 Å². The average molecular weight is 346 g/mol. The molecule has 3 rings (SSSR count). The van der Waals surface area contributed by atoms with Crippen LogP contribution in [0.4, 0.5) is 17.3 Å². The first-order chi connectivity index (χ1) is 12.4. The molecule has 0 bridgehead atoms. The van der Waals surface area contributed by atoms with Crippen molar-refractivity contribution in [2.45, 2.75) is 27.7 Å². The summed E-state index contributed by atoms with van der Waals surface area (Å²) in [6.07, 6.45) is 1.58. The van der Waals surface area contributed by atoms with Gasteiger partial charge in [-0.25, -0.2) is 9.97 Å². The third-order valence-corrected chi connectivity index (χ3v) is 4.50. The SMILES string of the molecule is Cc1ccc(NC(=O)c2ccnc(Nc3cccc(C)c3C)n2)cc1C. The number of nitrogens with one attached hydrogen (secondary N) is 2. The van der Waals surface area contributed by atoms with Crippen LogP contribution < -0.4 is 10.6 Å². The maximum absolute atomic E-state index is 12.5. The molecule has 0 spiro atoms. The maximum Gasteiger partial charge on any atom is 0.274 e. The lowest BCUT2D eigenvalue weighted by Gasteiger charge is -2.11. The van der Waals surface area contributed by atoms with E-state index < -0.39 is 0 Å². The van der Waals surface area contributed by atoms with Crippen LogP contribution >= 0.6 is 0 Å². The second-order valence-corrected chi connectivity index (χ2v) is 6.39. The average Bonchev–Trinajstić information content (AvgIpc) is 2.62. The van der Waals surface area contributed by atoms with Gasteiger partial charge in [0, 0.05) is 17.6 Å². The molecule has 1 aromatic heterocycles. The van der Waals surface area contributed by atoms with Gasteiger partial charge in [0.05, 0.1) is 0 Å². The van der Waals surface area contributed by atoms with Gasteiger partial charge in [-0.1, -0.05) is 18.2 Å². The fraction of sp³-hybridized carbons (Fsp3) is 0.190. The molecule has 0 atom stereocenters. The Morgan fingerprint density at radius 3 is 2.50 bits per heavy atom. The quantitative estimate of drug-likeness (QED) is 0.718. The zero-order valence-electron chi connectivity index (χ0n) is 15.4. The van der Waals surface area contributed by atoms with Gasteiger partial charge in [0.15, 0.2) is 0 Å². The summed E-state index contributed by atoms with van der Waals surface area (Å²) in [6, 6.07) is 13.4. The summed E-state index contributed by atoms with van der Waals surface area (Å²) in [5.41, 5.74) is 6.61. The Morgan fingerprint density at radius 2 is 1.73 bits per heavy atom. The van der Waals surface area contributed by atoms with Gasteiger partial charge in [0.25, 0.3) is 5.91 Å². The Hall–Kier alpha value is -3.21. The van der Waals surface area contributed by atoms with Crippen molar-refractivity contribution in [2.75, 3.05) is 10.6 Å². The number of benzene rings is 2. The summed E-state index contributed by atoms with van der Waals surface area (Å²) in [4.78, 5) is 21.1. The number of anilines is 3. The van der Waals surface area contributed by atoms with Gasteiger partial charge >= 0.3 is 0 Å². The molecule has 2 aromatic carbocycles. The van der Waals surface area contributed by atoms with Crippen molar-refractivity contribution >= 4 is 23.2 Å². The molecular formula is C21H22N4O. The van der Waals surface area contributed by atoms with E-state index in [-0.39, 0.29) is 5.91 Å². The first kappa shape index (κ1) is 17.6. The van der Waals surface area contributed by atoms with E-state index >= 15 is 0 Å². The highest BCUT2D eigenvalue weighted by molar-refractivity contribution is 6.03.